The highest BCUT2D eigenvalue weighted by molar-refractivity contribution is 6.30. The van der Waals surface area contributed by atoms with E-state index in [9.17, 15) is 32.0 Å². The number of hydrogen-bond acceptors (Lipinski definition) is 4. The van der Waals surface area contributed by atoms with E-state index in [4.69, 9.17) is 21.1 Å². The molecule has 0 radical (unpaired) electrons. The Morgan fingerprint density at radius 3 is 2.52 bits per heavy atom. The molecule has 0 N–H and O–H groups in total. The normalized spacial score (nSPS) is 20.5. The molecule has 1 fully saturated rings. The maximum atomic E-state index is 14.2. The highest BCUT2D eigenvalue weighted by Gasteiger charge is 2.62. The van der Waals surface area contributed by atoms with Gasteiger partial charge < -0.3 is 9.47 Å². The van der Waals surface area contributed by atoms with Crippen molar-refractivity contribution in [1.82, 2.24) is 0 Å². The molecule has 2 aromatic carbocycles. The van der Waals surface area contributed by atoms with E-state index in [0.29, 0.717) is 0 Å². The Hall–Kier alpha value is -3.12. The van der Waals surface area contributed by atoms with E-state index >= 15 is 0 Å². The number of benzene rings is 2. The molecule has 0 aliphatic heterocycles. The van der Waals surface area contributed by atoms with Gasteiger partial charge in [-0.1, -0.05) is 43.7 Å². The summed E-state index contributed by atoms with van der Waals surface area (Å²) in [6.45, 7) is 3.15. The third kappa shape index (κ3) is 5.45. The molecule has 2 aromatic rings. The molecule has 174 valence electrons. The van der Waals surface area contributed by atoms with Gasteiger partial charge in [0, 0.05) is 11.6 Å². The van der Waals surface area contributed by atoms with Crippen molar-refractivity contribution in [3.63, 3.8) is 0 Å². The van der Waals surface area contributed by atoms with Crippen LogP contribution in [0.2, 0.25) is 0 Å². The number of carbonyl (C=O) groups excluding carboxylic acids is 1. The SMILES string of the molecule is CC1(C)[C@H](C(=O)OC(C#N)c2ccc(F)c(Oc3cccc(F)c3)c2)[C@@H]1/C=C(\Cl)C(F)(F)F. The van der Waals surface area contributed by atoms with E-state index in [-0.39, 0.29) is 17.1 Å². The minimum atomic E-state index is -4.74. The Morgan fingerprint density at radius 1 is 1.21 bits per heavy atom. The molecule has 0 aromatic heterocycles. The molecular weight excluding hydrogens is 469 g/mol. The van der Waals surface area contributed by atoms with Gasteiger partial charge >= 0.3 is 12.1 Å². The Labute approximate surface area is 191 Å². The fraction of sp³-hybridized carbons (Fsp3) is 0.304. The fourth-order valence-electron chi connectivity index (χ4n) is 3.47. The second kappa shape index (κ2) is 9.02. The number of hydrogen-bond donors (Lipinski definition) is 0. The summed E-state index contributed by atoms with van der Waals surface area (Å²) >= 11 is 5.29. The summed E-state index contributed by atoms with van der Waals surface area (Å²) in [5, 5.41) is 8.13. The van der Waals surface area contributed by atoms with E-state index in [1.54, 1.807) is 19.9 Å². The van der Waals surface area contributed by atoms with Crippen molar-refractivity contribution in [2.75, 3.05) is 0 Å². The van der Waals surface area contributed by atoms with E-state index in [0.717, 1.165) is 24.3 Å². The lowest BCUT2D eigenvalue weighted by Gasteiger charge is -2.14. The van der Waals surface area contributed by atoms with Gasteiger partial charge in [-0.3, -0.25) is 4.79 Å². The molecule has 3 atom stereocenters. The lowest BCUT2D eigenvalue weighted by Crippen LogP contribution is -2.15. The summed E-state index contributed by atoms with van der Waals surface area (Å²) in [4.78, 5) is 12.6. The highest BCUT2D eigenvalue weighted by Crippen LogP contribution is 2.60. The Morgan fingerprint density at radius 2 is 1.91 bits per heavy atom. The number of nitrogens with zero attached hydrogens (tertiary/aromatic N) is 1. The van der Waals surface area contributed by atoms with Gasteiger partial charge in [0.25, 0.3) is 0 Å². The Balaban J connectivity index is 1.77. The maximum absolute atomic E-state index is 14.2. The topological polar surface area (TPSA) is 59.3 Å². The van der Waals surface area contributed by atoms with Crippen molar-refractivity contribution >= 4 is 17.6 Å². The molecule has 1 aliphatic carbocycles. The molecule has 0 amide bonds. The van der Waals surface area contributed by atoms with Gasteiger partial charge in [-0.15, -0.1) is 0 Å². The standard InChI is InChI=1S/C23H17ClF5NO3/c1-22(2)15(10-19(24)23(27,28)29)20(22)21(31)33-18(11-30)12-6-7-16(26)17(8-12)32-14-5-3-4-13(25)9-14/h3-10,15,18,20H,1-2H3/b19-10-/t15-,18?,20-/m0/s1. The molecule has 0 saturated heterocycles. The summed E-state index contributed by atoms with van der Waals surface area (Å²) in [6.07, 6.45) is -5.46. The minimum Gasteiger partial charge on any atom is -0.454 e. The molecule has 0 bridgehead atoms. The van der Waals surface area contributed by atoms with Crippen LogP contribution in [0.1, 0.15) is 25.5 Å². The van der Waals surface area contributed by atoms with Crippen molar-refractivity contribution < 1.29 is 36.2 Å². The van der Waals surface area contributed by atoms with Crippen molar-refractivity contribution in [2.24, 2.45) is 17.3 Å². The van der Waals surface area contributed by atoms with Crippen LogP contribution in [0, 0.1) is 40.2 Å². The molecule has 4 nitrogen and oxygen atoms in total. The Bertz CT molecular complexity index is 1140. The predicted octanol–water partition coefficient (Wildman–Crippen LogP) is 6.82. The van der Waals surface area contributed by atoms with Crippen LogP contribution in [0.25, 0.3) is 0 Å². The van der Waals surface area contributed by atoms with Crippen LogP contribution >= 0.6 is 11.6 Å². The third-order valence-electron chi connectivity index (χ3n) is 5.39. The van der Waals surface area contributed by atoms with E-state index < -0.39 is 52.2 Å². The van der Waals surface area contributed by atoms with Crippen LogP contribution in [-0.4, -0.2) is 12.1 Å². The van der Waals surface area contributed by atoms with Crippen LogP contribution in [0.3, 0.4) is 0 Å². The second-order valence-corrected chi connectivity index (χ2v) is 8.44. The first kappa shape index (κ1) is 24.5. The van der Waals surface area contributed by atoms with Gasteiger partial charge in [0.1, 0.15) is 22.7 Å². The molecule has 1 unspecified atom stereocenters. The summed E-state index contributed by atoms with van der Waals surface area (Å²) in [5.74, 6) is -4.41. The average Bonchev–Trinajstić information content (AvgIpc) is 3.27. The lowest BCUT2D eigenvalue weighted by atomic mass is 10.1. The molecule has 3 rings (SSSR count). The van der Waals surface area contributed by atoms with Crippen molar-refractivity contribution in [3.8, 4) is 17.6 Å². The highest BCUT2D eigenvalue weighted by atomic mass is 35.5. The van der Waals surface area contributed by atoms with Crippen LogP contribution in [0.15, 0.2) is 53.6 Å². The smallest absolute Gasteiger partial charge is 0.426 e. The molecule has 1 aliphatic rings. The maximum Gasteiger partial charge on any atom is 0.426 e. The van der Waals surface area contributed by atoms with Gasteiger partial charge in [0.2, 0.25) is 6.10 Å². The summed E-state index contributed by atoms with van der Waals surface area (Å²) < 4.78 is 76.2. The first-order chi connectivity index (χ1) is 15.3. The van der Waals surface area contributed by atoms with Gasteiger partial charge in [0.05, 0.1) is 5.92 Å². The van der Waals surface area contributed by atoms with Crippen LogP contribution in [0.5, 0.6) is 11.5 Å². The molecule has 0 heterocycles. The number of halogens is 6. The number of rotatable bonds is 6. The Kier molecular flexibility index (Phi) is 6.70. The fourth-order valence-corrected chi connectivity index (χ4v) is 3.60. The quantitative estimate of drug-likeness (QED) is 0.332. The second-order valence-electron chi connectivity index (χ2n) is 8.03. The lowest BCUT2D eigenvalue weighted by molar-refractivity contribution is -0.149. The average molecular weight is 486 g/mol. The number of alkyl halides is 3. The zero-order valence-corrected chi connectivity index (χ0v) is 18.0. The van der Waals surface area contributed by atoms with Crippen molar-refractivity contribution in [1.29, 1.82) is 5.26 Å². The molecule has 0 spiro atoms. The van der Waals surface area contributed by atoms with Gasteiger partial charge in [0.15, 0.2) is 11.6 Å². The van der Waals surface area contributed by atoms with E-state index in [1.165, 1.54) is 24.3 Å². The summed E-state index contributed by atoms with van der Waals surface area (Å²) in [5.41, 5.74) is -0.797. The largest absolute Gasteiger partial charge is 0.454 e. The van der Waals surface area contributed by atoms with Crippen LogP contribution < -0.4 is 4.74 Å². The first-order valence-electron chi connectivity index (χ1n) is 9.62. The van der Waals surface area contributed by atoms with Crippen molar-refractivity contribution in [2.45, 2.75) is 26.1 Å². The molecule has 10 heteroatoms. The minimum absolute atomic E-state index is 0.00690. The predicted molar refractivity (Wildman–Crippen MR) is 108 cm³/mol. The van der Waals surface area contributed by atoms with Gasteiger partial charge in [-0.25, -0.2) is 8.78 Å². The van der Waals surface area contributed by atoms with E-state index in [1.807, 2.05) is 0 Å². The first-order valence-corrected chi connectivity index (χ1v) is 10.00. The van der Waals surface area contributed by atoms with Gasteiger partial charge in [-0.05, 0) is 35.6 Å². The van der Waals surface area contributed by atoms with Crippen LogP contribution in [0.4, 0.5) is 22.0 Å². The third-order valence-corrected chi connectivity index (χ3v) is 5.73. The van der Waals surface area contributed by atoms with Gasteiger partial charge in [-0.2, -0.15) is 18.4 Å². The number of allylic oxidation sites excluding steroid dienone is 2. The molecule has 1 saturated carbocycles. The zero-order chi connectivity index (χ0) is 24.6. The molecule has 33 heavy (non-hydrogen) atoms. The van der Waals surface area contributed by atoms with Crippen molar-refractivity contribution in [3.05, 3.63) is 70.8 Å². The van der Waals surface area contributed by atoms with E-state index in [2.05, 4.69) is 0 Å². The summed E-state index contributed by atoms with van der Waals surface area (Å²) in [6, 6.07) is 10.0. The molecular formula is C23H17ClF5NO3. The number of carbonyl (C=O) groups is 1. The monoisotopic (exact) mass is 485 g/mol. The number of ether oxygens (including phenoxy) is 2. The zero-order valence-electron chi connectivity index (χ0n) is 17.3. The van der Waals surface area contributed by atoms with Crippen LogP contribution in [-0.2, 0) is 9.53 Å². The number of nitriles is 1. The summed E-state index contributed by atoms with van der Waals surface area (Å²) in [7, 11) is 0. The number of esters is 1.